The zero-order chi connectivity index (χ0) is 17.8. The highest BCUT2D eigenvalue weighted by molar-refractivity contribution is 5.91. The van der Waals surface area contributed by atoms with Crippen molar-refractivity contribution in [1.29, 1.82) is 0 Å². The minimum Gasteiger partial charge on any atom is -0.459 e. The second kappa shape index (κ2) is 6.83. The third-order valence-corrected chi connectivity index (χ3v) is 3.34. The van der Waals surface area contributed by atoms with Gasteiger partial charge in [0.1, 0.15) is 5.65 Å². The van der Waals surface area contributed by atoms with Crippen molar-refractivity contribution in [2.45, 2.75) is 0 Å². The molecule has 0 atom stereocenters. The summed E-state index contributed by atoms with van der Waals surface area (Å²) in [4.78, 5) is 38.5. The molecule has 25 heavy (non-hydrogen) atoms. The van der Waals surface area contributed by atoms with Gasteiger partial charge in [0.25, 0.3) is 5.91 Å². The van der Waals surface area contributed by atoms with Gasteiger partial charge < -0.3 is 15.1 Å². The van der Waals surface area contributed by atoms with Gasteiger partial charge in [-0.25, -0.2) is 4.98 Å². The second-order valence-electron chi connectivity index (χ2n) is 4.96. The normalized spacial score (nSPS) is 10.6. The van der Waals surface area contributed by atoms with Crippen molar-refractivity contribution in [2.24, 2.45) is 0 Å². The topological polar surface area (TPSA) is 132 Å². The summed E-state index contributed by atoms with van der Waals surface area (Å²) in [5, 5.41) is 16.5. The van der Waals surface area contributed by atoms with Crippen LogP contribution in [0.1, 0.15) is 10.6 Å². The lowest BCUT2D eigenvalue weighted by Crippen LogP contribution is -2.29. The number of nitrogens with one attached hydrogen (secondary N) is 2. The minimum atomic E-state index is -0.780. The molecule has 10 heteroatoms. The molecule has 1 amide bonds. The molecule has 128 valence electrons. The number of hydrogen-bond donors (Lipinski definition) is 2. The molecule has 3 aromatic rings. The molecule has 0 bridgehead atoms. The maximum Gasteiger partial charge on any atom is 0.376 e. The Hall–Kier alpha value is -3.69. The lowest BCUT2D eigenvalue weighted by atomic mass is 10.4. The number of amides is 1. The fourth-order valence-corrected chi connectivity index (χ4v) is 2.22. The van der Waals surface area contributed by atoms with Gasteiger partial charge in [-0.15, -0.1) is 0 Å². The zero-order valence-electron chi connectivity index (χ0n) is 12.8. The fraction of sp³-hybridized carbons (Fsp3) is 0.133. The Labute approximate surface area is 140 Å². The van der Waals surface area contributed by atoms with Gasteiger partial charge in [0.15, 0.2) is 5.76 Å². The molecule has 3 aromatic heterocycles. The van der Waals surface area contributed by atoms with E-state index in [0.29, 0.717) is 0 Å². The van der Waals surface area contributed by atoms with Crippen LogP contribution in [0.2, 0.25) is 0 Å². The first kappa shape index (κ1) is 16.2. The number of nitro groups is 1. The fourth-order valence-electron chi connectivity index (χ4n) is 2.22. The molecule has 0 saturated carbocycles. The molecule has 0 aromatic carbocycles. The molecule has 0 unspecified atom stereocenters. The molecule has 0 spiro atoms. The molecular formula is C15H13N5O5. The van der Waals surface area contributed by atoms with Crippen LogP contribution in [0.3, 0.4) is 0 Å². The molecule has 0 fully saturated rings. The van der Waals surface area contributed by atoms with Crippen LogP contribution in [0, 0.1) is 10.1 Å². The van der Waals surface area contributed by atoms with E-state index in [-0.39, 0.29) is 30.3 Å². The Kier molecular flexibility index (Phi) is 4.42. The molecule has 0 aliphatic carbocycles. The SMILES string of the molecule is O=C(NCCNc1nc2ccccn2c(=O)c1[N+](=O)[O-])c1ccco1. The maximum atomic E-state index is 12.2. The summed E-state index contributed by atoms with van der Waals surface area (Å²) < 4.78 is 6.05. The Morgan fingerprint density at radius 3 is 2.84 bits per heavy atom. The minimum absolute atomic E-state index is 0.142. The van der Waals surface area contributed by atoms with Crippen molar-refractivity contribution in [3.8, 4) is 0 Å². The summed E-state index contributed by atoms with van der Waals surface area (Å²) >= 11 is 0. The van der Waals surface area contributed by atoms with Crippen LogP contribution < -0.4 is 16.2 Å². The van der Waals surface area contributed by atoms with E-state index in [1.54, 1.807) is 24.3 Å². The van der Waals surface area contributed by atoms with Crippen LogP contribution in [0.15, 0.2) is 52.0 Å². The summed E-state index contributed by atoms with van der Waals surface area (Å²) in [5.41, 5.74) is -1.15. The maximum absolute atomic E-state index is 12.2. The average Bonchev–Trinajstić information content (AvgIpc) is 3.13. The zero-order valence-corrected chi connectivity index (χ0v) is 12.8. The van der Waals surface area contributed by atoms with E-state index in [1.165, 1.54) is 18.5 Å². The monoisotopic (exact) mass is 343 g/mol. The van der Waals surface area contributed by atoms with E-state index in [2.05, 4.69) is 15.6 Å². The number of furan rings is 1. The predicted octanol–water partition coefficient (Wildman–Crippen LogP) is 1.04. The third-order valence-electron chi connectivity index (χ3n) is 3.34. The van der Waals surface area contributed by atoms with Gasteiger partial charge in [-0.05, 0) is 24.3 Å². The van der Waals surface area contributed by atoms with Gasteiger partial charge in [0.05, 0.1) is 11.2 Å². The Morgan fingerprint density at radius 2 is 2.12 bits per heavy atom. The molecule has 0 aliphatic heterocycles. The first-order valence-corrected chi connectivity index (χ1v) is 7.29. The Bertz CT molecular complexity index is 980. The smallest absolute Gasteiger partial charge is 0.376 e. The summed E-state index contributed by atoms with van der Waals surface area (Å²) in [6.45, 7) is 0.301. The number of fused-ring (bicyclic) bond motifs is 1. The molecule has 0 aliphatic rings. The molecule has 3 heterocycles. The molecule has 10 nitrogen and oxygen atoms in total. The van der Waals surface area contributed by atoms with Gasteiger partial charge in [0, 0.05) is 19.3 Å². The Balaban J connectivity index is 1.74. The van der Waals surface area contributed by atoms with Crippen molar-refractivity contribution >= 4 is 23.1 Å². The molecule has 0 saturated heterocycles. The van der Waals surface area contributed by atoms with Gasteiger partial charge in [-0.1, -0.05) is 6.07 Å². The lowest BCUT2D eigenvalue weighted by molar-refractivity contribution is -0.385. The van der Waals surface area contributed by atoms with Crippen LogP contribution in [0.25, 0.3) is 5.65 Å². The number of carbonyl (C=O) groups is 1. The van der Waals surface area contributed by atoms with Crippen molar-refractivity contribution in [3.05, 3.63) is 69.0 Å². The second-order valence-corrected chi connectivity index (χ2v) is 4.96. The van der Waals surface area contributed by atoms with E-state index < -0.39 is 22.1 Å². The highest BCUT2D eigenvalue weighted by Gasteiger charge is 2.23. The number of pyridine rings is 1. The number of hydrogen-bond acceptors (Lipinski definition) is 7. The first-order valence-electron chi connectivity index (χ1n) is 7.29. The van der Waals surface area contributed by atoms with E-state index in [1.807, 2.05) is 0 Å². The number of anilines is 1. The number of rotatable bonds is 6. The molecule has 3 rings (SSSR count). The summed E-state index contributed by atoms with van der Waals surface area (Å²) in [7, 11) is 0. The van der Waals surface area contributed by atoms with Crippen molar-refractivity contribution in [2.75, 3.05) is 18.4 Å². The van der Waals surface area contributed by atoms with Gasteiger partial charge in [0.2, 0.25) is 5.82 Å². The predicted molar refractivity (Wildman–Crippen MR) is 87.6 cm³/mol. The first-order chi connectivity index (χ1) is 12.1. The van der Waals surface area contributed by atoms with Crippen LogP contribution in [-0.2, 0) is 0 Å². The number of carbonyl (C=O) groups excluding carboxylic acids is 1. The Morgan fingerprint density at radius 1 is 1.28 bits per heavy atom. The highest BCUT2D eigenvalue weighted by atomic mass is 16.6. The van der Waals surface area contributed by atoms with Crippen molar-refractivity contribution in [1.82, 2.24) is 14.7 Å². The molecule has 0 radical (unpaired) electrons. The van der Waals surface area contributed by atoms with E-state index in [4.69, 9.17) is 4.42 Å². The van der Waals surface area contributed by atoms with Crippen LogP contribution >= 0.6 is 0 Å². The van der Waals surface area contributed by atoms with E-state index >= 15 is 0 Å². The summed E-state index contributed by atoms with van der Waals surface area (Å²) in [6.07, 6.45) is 2.79. The van der Waals surface area contributed by atoms with Crippen LogP contribution in [-0.4, -0.2) is 33.3 Å². The van der Waals surface area contributed by atoms with Crippen LogP contribution in [0.5, 0.6) is 0 Å². The van der Waals surface area contributed by atoms with Gasteiger partial charge in [-0.3, -0.25) is 24.1 Å². The number of aromatic nitrogens is 2. The van der Waals surface area contributed by atoms with Gasteiger partial charge in [-0.2, -0.15) is 0 Å². The van der Waals surface area contributed by atoms with Crippen molar-refractivity contribution < 1.29 is 14.1 Å². The molecular weight excluding hydrogens is 330 g/mol. The van der Waals surface area contributed by atoms with E-state index in [0.717, 1.165) is 4.40 Å². The standard InChI is InChI=1S/C15H13N5O5/c21-14(10-4-3-9-25-10)17-7-6-16-13-12(20(23)24)15(22)19-8-2-1-5-11(19)18-13/h1-5,8-9,16H,6-7H2,(H,17,21). The number of nitrogens with zero attached hydrogens (tertiary/aromatic N) is 3. The van der Waals surface area contributed by atoms with E-state index in [9.17, 15) is 19.7 Å². The van der Waals surface area contributed by atoms with Crippen LogP contribution in [0.4, 0.5) is 11.5 Å². The third kappa shape index (κ3) is 3.32. The summed E-state index contributed by atoms with van der Waals surface area (Å²) in [5.74, 6) is -0.394. The highest BCUT2D eigenvalue weighted by Crippen LogP contribution is 2.17. The summed E-state index contributed by atoms with van der Waals surface area (Å²) in [6, 6.07) is 7.91. The van der Waals surface area contributed by atoms with Gasteiger partial charge >= 0.3 is 11.2 Å². The largest absolute Gasteiger partial charge is 0.459 e. The quantitative estimate of drug-likeness (QED) is 0.388. The van der Waals surface area contributed by atoms with Crippen molar-refractivity contribution in [3.63, 3.8) is 0 Å². The average molecular weight is 343 g/mol. The lowest BCUT2D eigenvalue weighted by Gasteiger charge is -2.08. The molecule has 2 N–H and O–H groups in total.